The van der Waals surface area contributed by atoms with E-state index in [1.807, 2.05) is 54.8 Å². The van der Waals surface area contributed by atoms with E-state index in [0.717, 1.165) is 17.5 Å². The van der Waals surface area contributed by atoms with Crippen LogP contribution in [0.1, 0.15) is 76.3 Å². The fourth-order valence-corrected chi connectivity index (χ4v) is 5.74. The first-order chi connectivity index (χ1) is 18.1. The van der Waals surface area contributed by atoms with Crippen molar-refractivity contribution >= 4 is 21.7 Å². The molecule has 0 aliphatic carbocycles. The molecule has 0 bridgehead atoms. The minimum absolute atomic E-state index is 0.101. The highest BCUT2D eigenvalue weighted by molar-refractivity contribution is 7.89. The van der Waals surface area contributed by atoms with Gasteiger partial charge in [0, 0.05) is 27.1 Å². The first-order valence-electron chi connectivity index (χ1n) is 12.8. The van der Waals surface area contributed by atoms with Gasteiger partial charge in [0.1, 0.15) is 0 Å². The number of aromatic nitrogens is 1. The average Bonchev–Trinajstić information content (AvgIpc) is 3.32. The Morgan fingerprint density at radius 3 is 2.45 bits per heavy atom. The molecule has 1 aliphatic rings. The highest BCUT2D eigenvalue weighted by Crippen LogP contribution is 2.28. The van der Waals surface area contributed by atoms with Crippen LogP contribution in [0.15, 0.2) is 65.6 Å². The number of nitrogens with one attached hydrogen (secondary N) is 1. The number of benzene rings is 2. The van der Waals surface area contributed by atoms with Crippen molar-refractivity contribution in [1.29, 1.82) is 0 Å². The Bertz CT molecular complexity index is 1410. The van der Waals surface area contributed by atoms with Gasteiger partial charge in [-0.2, -0.15) is 0 Å². The topological polar surface area (TPSA) is 97.7 Å². The maximum atomic E-state index is 13.5. The van der Waals surface area contributed by atoms with Crippen LogP contribution < -0.4 is 5.32 Å². The summed E-state index contributed by atoms with van der Waals surface area (Å²) in [4.78, 5) is 27.1. The van der Waals surface area contributed by atoms with Gasteiger partial charge in [0.25, 0.3) is 5.91 Å². The molecule has 3 aromatic rings. The molecule has 0 spiro atoms. The zero-order valence-electron chi connectivity index (χ0n) is 22.3. The van der Waals surface area contributed by atoms with Crippen molar-refractivity contribution in [2.45, 2.75) is 56.7 Å². The van der Waals surface area contributed by atoms with Gasteiger partial charge in [-0.05, 0) is 41.7 Å². The van der Waals surface area contributed by atoms with Crippen LogP contribution in [0.2, 0.25) is 0 Å². The molecule has 2 heterocycles. The summed E-state index contributed by atoms with van der Waals surface area (Å²) >= 11 is 0. The monoisotopic (exact) mass is 537 g/mol. The number of carbonyl (C=O) groups excluding carboxylic acids is 2. The summed E-state index contributed by atoms with van der Waals surface area (Å²) in [5.41, 5.74) is 3.42. The van der Waals surface area contributed by atoms with E-state index in [1.54, 1.807) is 24.3 Å². The SMILES string of the molecule is CC[C@@H](NC(=O)c1cc(C(=O)CC(C)c2cccc(S(=O)(=O)N(C)C)c2)n2c1COCC2)c1ccccc1. The smallest absolute Gasteiger partial charge is 0.253 e. The molecule has 1 amide bonds. The number of fused-ring (bicyclic) bond motifs is 1. The summed E-state index contributed by atoms with van der Waals surface area (Å²) in [5.74, 6) is -0.551. The summed E-state index contributed by atoms with van der Waals surface area (Å²) in [6.07, 6.45) is 0.909. The lowest BCUT2D eigenvalue weighted by Crippen LogP contribution is -2.29. The number of hydrogen-bond donors (Lipinski definition) is 1. The third kappa shape index (κ3) is 5.75. The van der Waals surface area contributed by atoms with E-state index in [-0.39, 0.29) is 41.6 Å². The second-order valence-corrected chi connectivity index (χ2v) is 12.0. The van der Waals surface area contributed by atoms with Gasteiger partial charge < -0.3 is 14.6 Å². The lowest BCUT2D eigenvalue weighted by molar-refractivity contribution is 0.0781. The molecule has 9 heteroatoms. The van der Waals surface area contributed by atoms with Gasteiger partial charge in [0.05, 0.1) is 41.1 Å². The van der Waals surface area contributed by atoms with Crippen molar-refractivity contribution < 1.29 is 22.7 Å². The second kappa shape index (κ2) is 11.6. The minimum Gasteiger partial charge on any atom is -0.373 e. The molecule has 38 heavy (non-hydrogen) atoms. The van der Waals surface area contributed by atoms with E-state index in [4.69, 9.17) is 4.74 Å². The first-order valence-corrected chi connectivity index (χ1v) is 14.3. The molecule has 4 rings (SSSR count). The van der Waals surface area contributed by atoms with Crippen molar-refractivity contribution in [2.75, 3.05) is 20.7 Å². The van der Waals surface area contributed by atoms with Crippen molar-refractivity contribution in [3.63, 3.8) is 0 Å². The standard InChI is InChI=1S/C29H35N3O5S/c1-5-25(21-10-7-6-8-11-21)30-29(34)24-18-26(32-14-15-37-19-27(24)32)28(33)16-20(2)22-12-9-13-23(17-22)38(35,36)31(3)4/h6-13,17-18,20,25H,5,14-16,19H2,1-4H3,(H,30,34)/t20?,25-/m1/s1. The van der Waals surface area contributed by atoms with Gasteiger partial charge in [-0.1, -0.05) is 56.3 Å². The predicted molar refractivity (Wildman–Crippen MR) is 146 cm³/mol. The zero-order valence-corrected chi connectivity index (χ0v) is 23.1. The van der Waals surface area contributed by atoms with Crippen LogP contribution in [-0.4, -0.2) is 49.7 Å². The van der Waals surface area contributed by atoms with Crippen molar-refractivity contribution in [3.05, 3.63) is 88.7 Å². The van der Waals surface area contributed by atoms with Crippen molar-refractivity contribution in [3.8, 4) is 0 Å². The van der Waals surface area contributed by atoms with E-state index in [1.165, 1.54) is 18.4 Å². The van der Waals surface area contributed by atoms with E-state index >= 15 is 0 Å². The number of sulfonamides is 1. The third-order valence-corrected chi connectivity index (χ3v) is 8.86. The molecular formula is C29H35N3O5S. The second-order valence-electron chi connectivity index (χ2n) is 9.83. The number of amides is 1. The van der Waals surface area contributed by atoms with E-state index < -0.39 is 10.0 Å². The summed E-state index contributed by atoms with van der Waals surface area (Å²) < 4.78 is 33.8. The molecule has 202 valence electrons. The Kier molecular flexibility index (Phi) is 8.50. The average molecular weight is 538 g/mol. The Morgan fingerprint density at radius 2 is 1.76 bits per heavy atom. The van der Waals surface area contributed by atoms with Gasteiger partial charge in [-0.15, -0.1) is 0 Å². The highest BCUT2D eigenvalue weighted by Gasteiger charge is 2.28. The number of ether oxygens (including phenoxy) is 1. The fraction of sp³-hybridized carbons (Fsp3) is 0.379. The molecule has 2 atom stereocenters. The number of nitrogens with zero attached hydrogens (tertiary/aromatic N) is 2. The third-order valence-electron chi connectivity index (χ3n) is 7.05. The van der Waals surface area contributed by atoms with Crippen LogP contribution >= 0.6 is 0 Å². The fourth-order valence-electron chi connectivity index (χ4n) is 4.79. The number of rotatable bonds is 10. The molecule has 1 unspecified atom stereocenters. The van der Waals surface area contributed by atoms with Crippen molar-refractivity contribution in [2.24, 2.45) is 0 Å². The molecule has 8 nitrogen and oxygen atoms in total. The van der Waals surface area contributed by atoms with Crippen LogP contribution in [0.5, 0.6) is 0 Å². The summed E-state index contributed by atoms with van der Waals surface area (Å²) in [6, 6.07) is 18.1. The quantitative estimate of drug-likeness (QED) is 0.384. The minimum atomic E-state index is -3.58. The van der Waals surface area contributed by atoms with Crippen LogP contribution in [0.3, 0.4) is 0 Å². The van der Waals surface area contributed by atoms with E-state index in [0.29, 0.717) is 30.1 Å². The van der Waals surface area contributed by atoms with Crippen LogP contribution in [0.25, 0.3) is 0 Å². The van der Waals surface area contributed by atoms with Gasteiger partial charge >= 0.3 is 0 Å². The molecule has 2 aromatic carbocycles. The zero-order chi connectivity index (χ0) is 27.4. The van der Waals surface area contributed by atoms with Gasteiger partial charge in [0.15, 0.2) is 5.78 Å². The molecule has 1 aliphatic heterocycles. The van der Waals surface area contributed by atoms with Crippen molar-refractivity contribution in [1.82, 2.24) is 14.2 Å². The summed E-state index contributed by atoms with van der Waals surface area (Å²) in [7, 11) is -0.597. The number of ketones is 1. The number of hydrogen-bond acceptors (Lipinski definition) is 5. The maximum absolute atomic E-state index is 13.5. The van der Waals surface area contributed by atoms with Gasteiger partial charge in [-0.25, -0.2) is 12.7 Å². The molecule has 1 aromatic heterocycles. The number of Topliss-reactive ketones (excluding diaryl/α,β-unsaturated/α-hetero) is 1. The molecule has 0 saturated carbocycles. The van der Waals surface area contributed by atoms with E-state index in [2.05, 4.69) is 5.32 Å². The van der Waals surface area contributed by atoms with Crippen LogP contribution in [-0.2, 0) is 27.9 Å². The van der Waals surface area contributed by atoms with Crippen LogP contribution in [0.4, 0.5) is 0 Å². The molecule has 0 saturated heterocycles. The number of carbonyl (C=O) groups is 2. The highest BCUT2D eigenvalue weighted by atomic mass is 32.2. The Hall–Kier alpha value is -3.27. The maximum Gasteiger partial charge on any atom is 0.253 e. The largest absolute Gasteiger partial charge is 0.373 e. The molecule has 0 radical (unpaired) electrons. The lowest BCUT2D eigenvalue weighted by Gasteiger charge is -2.21. The van der Waals surface area contributed by atoms with Gasteiger partial charge in [0.2, 0.25) is 10.0 Å². The Labute approximate surface area is 224 Å². The molecule has 0 fully saturated rings. The normalized spacial score (nSPS) is 15.1. The summed E-state index contributed by atoms with van der Waals surface area (Å²) in [5, 5.41) is 3.12. The predicted octanol–water partition coefficient (Wildman–Crippen LogP) is 4.53. The molecular weight excluding hydrogens is 502 g/mol. The Morgan fingerprint density at radius 1 is 1.05 bits per heavy atom. The van der Waals surface area contributed by atoms with Crippen LogP contribution in [0, 0.1) is 0 Å². The summed E-state index contributed by atoms with van der Waals surface area (Å²) in [6.45, 7) is 5.14. The molecule has 1 N–H and O–H groups in total. The van der Waals surface area contributed by atoms with E-state index in [9.17, 15) is 18.0 Å². The Balaban J connectivity index is 1.57. The van der Waals surface area contributed by atoms with Gasteiger partial charge in [-0.3, -0.25) is 9.59 Å². The first kappa shape index (κ1) is 27.8. The lowest BCUT2D eigenvalue weighted by atomic mass is 9.94.